The van der Waals surface area contributed by atoms with E-state index in [0.29, 0.717) is 28.9 Å². The number of benzene rings is 2. The minimum Gasteiger partial charge on any atom is -0.387 e. The van der Waals surface area contributed by atoms with Gasteiger partial charge in [-0.2, -0.15) is 0 Å². The average Bonchev–Trinajstić information content (AvgIpc) is 3.33. The molecule has 5 rings (SSSR count). The van der Waals surface area contributed by atoms with Crippen LogP contribution in [0.3, 0.4) is 0 Å². The summed E-state index contributed by atoms with van der Waals surface area (Å²) in [4.78, 5) is 40.3. The molecule has 166 valence electrons. The maximum absolute atomic E-state index is 14.6. The van der Waals surface area contributed by atoms with Crippen molar-refractivity contribution < 1.29 is 23.9 Å². The van der Waals surface area contributed by atoms with Crippen LogP contribution in [-0.4, -0.2) is 34.3 Å². The molecular formula is C25H20FN3O4. The lowest BCUT2D eigenvalue weighted by Crippen LogP contribution is -2.16. The van der Waals surface area contributed by atoms with Crippen LogP contribution in [0, 0.1) is 5.82 Å². The van der Waals surface area contributed by atoms with Crippen molar-refractivity contribution in [1.82, 2.24) is 4.98 Å². The minimum atomic E-state index is -0.785. The van der Waals surface area contributed by atoms with Gasteiger partial charge in [0.1, 0.15) is 12.4 Å². The summed E-state index contributed by atoms with van der Waals surface area (Å²) in [6, 6.07) is 12.0. The van der Waals surface area contributed by atoms with Crippen molar-refractivity contribution in [2.75, 3.05) is 17.2 Å². The molecule has 0 spiro atoms. The number of amides is 2. The number of rotatable bonds is 4. The number of aliphatic hydroxyl groups excluding tert-OH is 1. The van der Waals surface area contributed by atoms with E-state index in [1.54, 1.807) is 6.08 Å². The molecule has 2 heterocycles. The predicted molar refractivity (Wildman–Crippen MR) is 122 cm³/mol. The number of aliphatic hydroxyl groups is 1. The zero-order valence-electron chi connectivity index (χ0n) is 17.5. The number of carbonyl (C=O) groups excluding carboxylic acids is 3. The molecule has 3 aromatic rings. The Balaban J connectivity index is 1.64. The number of anilines is 2. The van der Waals surface area contributed by atoms with Gasteiger partial charge in [0.15, 0.2) is 5.78 Å². The number of aromatic nitrogens is 1. The number of aromatic amines is 1. The molecule has 0 fully saturated rings. The summed E-state index contributed by atoms with van der Waals surface area (Å²) in [6.45, 7) is -0.785. The maximum Gasteiger partial charge on any atom is 0.256 e. The first kappa shape index (κ1) is 20.8. The van der Waals surface area contributed by atoms with Gasteiger partial charge in [0.25, 0.3) is 5.91 Å². The van der Waals surface area contributed by atoms with Crippen LogP contribution in [0.4, 0.5) is 15.8 Å². The third kappa shape index (κ3) is 3.64. The molecule has 33 heavy (non-hydrogen) atoms. The van der Waals surface area contributed by atoms with Gasteiger partial charge in [0.2, 0.25) is 5.91 Å². The molecule has 4 N–H and O–H groups in total. The molecule has 0 unspecified atom stereocenters. The van der Waals surface area contributed by atoms with E-state index in [4.69, 9.17) is 5.11 Å². The fourth-order valence-corrected chi connectivity index (χ4v) is 4.42. The lowest BCUT2D eigenvalue weighted by Gasteiger charge is -2.12. The van der Waals surface area contributed by atoms with E-state index in [2.05, 4.69) is 15.6 Å². The Morgan fingerprint density at radius 2 is 1.91 bits per heavy atom. The van der Waals surface area contributed by atoms with Crippen molar-refractivity contribution >= 4 is 40.6 Å². The molecule has 2 amide bonds. The molecule has 0 saturated carbocycles. The van der Waals surface area contributed by atoms with Crippen molar-refractivity contribution in [3.8, 4) is 11.1 Å². The van der Waals surface area contributed by atoms with E-state index in [1.165, 1.54) is 12.1 Å². The molecule has 2 aromatic carbocycles. The van der Waals surface area contributed by atoms with Crippen LogP contribution >= 0.6 is 0 Å². The fourth-order valence-electron chi connectivity index (χ4n) is 4.42. The highest BCUT2D eigenvalue weighted by Gasteiger charge is 2.30. The molecule has 0 bridgehead atoms. The molecular weight excluding hydrogens is 425 g/mol. The van der Waals surface area contributed by atoms with Crippen LogP contribution < -0.4 is 10.6 Å². The van der Waals surface area contributed by atoms with Gasteiger partial charge in [0.05, 0.1) is 16.9 Å². The van der Waals surface area contributed by atoms with Crippen molar-refractivity contribution in [2.24, 2.45) is 0 Å². The number of halogens is 1. The van der Waals surface area contributed by atoms with Crippen LogP contribution in [0.15, 0.2) is 42.5 Å². The van der Waals surface area contributed by atoms with Crippen molar-refractivity contribution in [1.29, 1.82) is 0 Å². The topological polar surface area (TPSA) is 111 Å². The van der Waals surface area contributed by atoms with Gasteiger partial charge in [-0.05, 0) is 36.6 Å². The van der Waals surface area contributed by atoms with Gasteiger partial charge in [-0.3, -0.25) is 14.4 Å². The number of carbonyl (C=O) groups is 3. The van der Waals surface area contributed by atoms with Gasteiger partial charge < -0.3 is 20.7 Å². The highest BCUT2D eigenvalue weighted by molar-refractivity contribution is 6.35. The second-order valence-electron chi connectivity index (χ2n) is 8.01. The van der Waals surface area contributed by atoms with Gasteiger partial charge in [-0.15, -0.1) is 0 Å². The molecule has 1 aromatic heterocycles. The van der Waals surface area contributed by atoms with E-state index in [1.807, 2.05) is 30.3 Å². The van der Waals surface area contributed by atoms with Gasteiger partial charge in [-0.25, -0.2) is 4.39 Å². The molecule has 8 heteroatoms. The van der Waals surface area contributed by atoms with Gasteiger partial charge in [0, 0.05) is 34.5 Å². The summed E-state index contributed by atoms with van der Waals surface area (Å²) in [5.74, 6) is -1.86. The first-order valence-electron chi connectivity index (χ1n) is 10.6. The Bertz CT molecular complexity index is 1340. The van der Waals surface area contributed by atoms with Gasteiger partial charge >= 0.3 is 0 Å². The first-order chi connectivity index (χ1) is 16.0. The third-order valence-electron chi connectivity index (χ3n) is 5.88. The van der Waals surface area contributed by atoms with E-state index in [9.17, 15) is 18.8 Å². The molecule has 0 radical (unpaired) electrons. The van der Waals surface area contributed by atoms with Crippen LogP contribution in [0.2, 0.25) is 0 Å². The van der Waals surface area contributed by atoms with Crippen molar-refractivity contribution in [2.45, 2.75) is 19.3 Å². The summed E-state index contributed by atoms with van der Waals surface area (Å²) in [6.07, 6.45) is 3.60. The van der Waals surface area contributed by atoms with Crippen LogP contribution in [0.25, 0.3) is 22.8 Å². The zero-order valence-corrected chi connectivity index (χ0v) is 17.5. The number of hydrogen-bond donors (Lipinski definition) is 4. The Kier molecular flexibility index (Phi) is 5.14. The third-order valence-corrected chi connectivity index (χ3v) is 5.88. The summed E-state index contributed by atoms with van der Waals surface area (Å²) in [5.41, 5.74) is 4.47. The van der Waals surface area contributed by atoms with Gasteiger partial charge in [-0.1, -0.05) is 30.3 Å². The molecule has 1 aliphatic heterocycles. The summed E-state index contributed by atoms with van der Waals surface area (Å²) < 4.78 is 14.6. The molecule has 2 aliphatic rings. The molecule has 1 aliphatic carbocycles. The highest BCUT2D eigenvalue weighted by Crippen LogP contribution is 2.40. The monoisotopic (exact) mass is 445 g/mol. The highest BCUT2D eigenvalue weighted by atomic mass is 19.1. The molecule has 0 saturated heterocycles. The second-order valence-corrected chi connectivity index (χ2v) is 8.01. The van der Waals surface area contributed by atoms with E-state index in [-0.39, 0.29) is 17.0 Å². The standard InChI is InChI=1S/C25H20FN3O4/c26-16-9-14-15(25(33)29-18(14)11-19(16)28-22(32)12-30)10-20-23(13-5-2-1-3-6-13)24-17(27-20)7-4-8-21(24)31/h1-3,5-6,9-11,27,30H,4,7-8,12H2,(H,28,32)(H,29,33)/b15-10-. The van der Waals surface area contributed by atoms with Crippen LogP contribution in [0.5, 0.6) is 0 Å². The second kappa shape index (κ2) is 8.14. The average molecular weight is 445 g/mol. The van der Waals surface area contributed by atoms with E-state index in [0.717, 1.165) is 29.7 Å². The summed E-state index contributed by atoms with van der Waals surface area (Å²) >= 11 is 0. The van der Waals surface area contributed by atoms with Crippen molar-refractivity contribution in [3.63, 3.8) is 0 Å². The lowest BCUT2D eigenvalue weighted by molar-refractivity contribution is -0.118. The first-order valence-corrected chi connectivity index (χ1v) is 10.6. The number of Topliss-reactive ketones (excluding diaryl/α,β-unsaturated/α-hetero) is 1. The Labute approximate surface area is 188 Å². The number of nitrogens with one attached hydrogen (secondary N) is 3. The van der Waals surface area contributed by atoms with Crippen LogP contribution in [0.1, 0.15) is 40.2 Å². The quantitative estimate of drug-likeness (QED) is 0.458. The summed E-state index contributed by atoms with van der Waals surface area (Å²) in [7, 11) is 0. The number of fused-ring (bicyclic) bond motifs is 2. The predicted octanol–water partition coefficient (Wildman–Crippen LogP) is 3.76. The Morgan fingerprint density at radius 1 is 1.12 bits per heavy atom. The molecule has 0 atom stereocenters. The zero-order chi connectivity index (χ0) is 23.1. The summed E-state index contributed by atoms with van der Waals surface area (Å²) in [5, 5.41) is 13.8. The lowest BCUT2D eigenvalue weighted by atomic mass is 9.90. The number of H-pyrrole nitrogens is 1. The van der Waals surface area contributed by atoms with Crippen LogP contribution in [-0.2, 0) is 16.0 Å². The minimum absolute atomic E-state index is 0.0580. The molecule has 7 nitrogen and oxygen atoms in total. The Morgan fingerprint density at radius 3 is 2.67 bits per heavy atom. The Hall–Kier alpha value is -4.04. The van der Waals surface area contributed by atoms with E-state index < -0.39 is 24.2 Å². The normalized spacial score (nSPS) is 15.9. The SMILES string of the molecule is O=C(CO)Nc1cc2c(cc1F)/C(=C/c1[nH]c3c(c1-c1ccccc1)C(=O)CCC3)C(=O)N2. The maximum atomic E-state index is 14.6. The number of hydrogen-bond acceptors (Lipinski definition) is 4. The largest absolute Gasteiger partial charge is 0.387 e. The fraction of sp³-hybridized carbons (Fsp3) is 0.160. The van der Waals surface area contributed by atoms with E-state index >= 15 is 0 Å². The number of aryl methyl sites for hydroxylation is 1. The smallest absolute Gasteiger partial charge is 0.256 e. The van der Waals surface area contributed by atoms with Crippen molar-refractivity contribution in [3.05, 3.63) is 70.8 Å². The number of ketones is 1.